The first kappa shape index (κ1) is 13.6. The fourth-order valence-corrected chi connectivity index (χ4v) is 2.08. The summed E-state index contributed by atoms with van der Waals surface area (Å²) in [6, 6.07) is 6.06. The maximum atomic E-state index is 11.4. The second-order valence-corrected chi connectivity index (χ2v) is 4.73. The molecular formula is C15H21N3O. The van der Waals surface area contributed by atoms with Gasteiger partial charge in [-0.3, -0.25) is 4.79 Å². The molecular weight excluding hydrogens is 238 g/mol. The van der Waals surface area contributed by atoms with Crippen molar-refractivity contribution in [3.05, 3.63) is 36.4 Å². The lowest BCUT2D eigenvalue weighted by atomic mass is 10.2. The number of carbonyl (C=O) groups excluding carboxylic acids is 1. The van der Waals surface area contributed by atoms with E-state index in [9.17, 15) is 4.79 Å². The Bertz CT molecular complexity index is 533. The van der Waals surface area contributed by atoms with Gasteiger partial charge in [-0.1, -0.05) is 19.4 Å². The van der Waals surface area contributed by atoms with E-state index in [1.54, 1.807) is 0 Å². The number of rotatable bonds is 7. The molecule has 102 valence electrons. The minimum atomic E-state index is 0.162. The van der Waals surface area contributed by atoms with Crippen LogP contribution in [-0.4, -0.2) is 21.8 Å². The number of unbranched alkanes of at least 4 members (excludes halogenated alkanes) is 1. The quantitative estimate of drug-likeness (QED) is 0.777. The zero-order valence-corrected chi connectivity index (χ0v) is 11.4. The van der Waals surface area contributed by atoms with Crippen LogP contribution >= 0.6 is 0 Å². The van der Waals surface area contributed by atoms with Gasteiger partial charge in [-0.05, 0) is 25.0 Å². The van der Waals surface area contributed by atoms with Gasteiger partial charge >= 0.3 is 0 Å². The molecule has 0 unspecified atom stereocenters. The second-order valence-electron chi connectivity index (χ2n) is 4.73. The number of aromatic nitrogens is 2. The van der Waals surface area contributed by atoms with Crippen molar-refractivity contribution in [2.24, 2.45) is 0 Å². The third-order valence-electron chi connectivity index (χ3n) is 3.17. The number of pyridine rings is 1. The number of amides is 1. The second kappa shape index (κ2) is 6.92. The Morgan fingerprint density at radius 1 is 1.37 bits per heavy atom. The van der Waals surface area contributed by atoms with Crippen molar-refractivity contribution >= 4 is 11.4 Å². The van der Waals surface area contributed by atoms with Crippen molar-refractivity contribution in [2.75, 3.05) is 6.54 Å². The molecule has 0 fully saturated rings. The van der Waals surface area contributed by atoms with Crippen LogP contribution in [0.1, 0.15) is 38.4 Å². The highest BCUT2D eigenvalue weighted by Gasteiger charge is 2.03. The Balaban J connectivity index is 1.75. The molecule has 0 bridgehead atoms. The molecule has 19 heavy (non-hydrogen) atoms. The number of aryl methyl sites for hydroxylation is 1. The topological polar surface area (TPSA) is 46.4 Å². The first-order chi connectivity index (χ1) is 9.31. The monoisotopic (exact) mass is 259 g/mol. The van der Waals surface area contributed by atoms with E-state index in [2.05, 4.69) is 21.6 Å². The van der Waals surface area contributed by atoms with Crippen molar-refractivity contribution < 1.29 is 4.79 Å². The van der Waals surface area contributed by atoms with Crippen molar-refractivity contribution in [1.29, 1.82) is 0 Å². The molecule has 4 heteroatoms. The standard InChI is InChI=1S/C15H21N3O/c1-2-3-9-15(19)16-10-6-8-14-17-12-13-7-4-5-11-18(13)14/h4-5,7,11-12H,2-3,6,8-10H2,1H3,(H,16,19). The summed E-state index contributed by atoms with van der Waals surface area (Å²) in [5, 5.41) is 2.95. The summed E-state index contributed by atoms with van der Waals surface area (Å²) in [4.78, 5) is 15.9. The van der Waals surface area contributed by atoms with Crippen LogP contribution in [0.3, 0.4) is 0 Å². The number of hydrogen-bond acceptors (Lipinski definition) is 2. The van der Waals surface area contributed by atoms with Crippen LogP contribution in [0.15, 0.2) is 30.6 Å². The first-order valence-corrected chi connectivity index (χ1v) is 6.99. The number of nitrogens with one attached hydrogen (secondary N) is 1. The number of hydrogen-bond donors (Lipinski definition) is 1. The van der Waals surface area contributed by atoms with E-state index < -0.39 is 0 Å². The minimum Gasteiger partial charge on any atom is -0.356 e. The summed E-state index contributed by atoms with van der Waals surface area (Å²) < 4.78 is 2.10. The number of imidazole rings is 1. The predicted molar refractivity (Wildman–Crippen MR) is 76.0 cm³/mol. The van der Waals surface area contributed by atoms with Crippen molar-refractivity contribution in [1.82, 2.24) is 14.7 Å². The fraction of sp³-hybridized carbons (Fsp3) is 0.467. The van der Waals surface area contributed by atoms with E-state index in [1.807, 2.05) is 30.6 Å². The van der Waals surface area contributed by atoms with Gasteiger partial charge in [0.05, 0.1) is 11.7 Å². The van der Waals surface area contributed by atoms with Crippen LogP contribution in [0, 0.1) is 0 Å². The molecule has 0 aliphatic carbocycles. The van der Waals surface area contributed by atoms with Gasteiger partial charge in [0.1, 0.15) is 5.82 Å². The van der Waals surface area contributed by atoms with Crippen LogP contribution in [0.25, 0.3) is 5.52 Å². The summed E-state index contributed by atoms with van der Waals surface area (Å²) in [7, 11) is 0. The van der Waals surface area contributed by atoms with Crippen molar-refractivity contribution in [2.45, 2.75) is 39.0 Å². The zero-order valence-electron chi connectivity index (χ0n) is 11.4. The average Bonchev–Trinajstić information content (AvgIpc) is 2.85. The molecule has 2 aromatic rings. The molecule has 0 atom stereocenters. The Hall–Kier alpha value is -1.84. The lowest BCUT2D eigenvalue weighted by Crippen LogP contribution is -2.24. The Labute approximate surface area is 113 Å². The SMILES string of the molecule is CCCCC(=O)NCCCc1ncc2ccccn12. The van der Waals surface area contributed by atoms with Gasteiger partial charge in [0.25, 0.3) is 0 Å². The molecule has 1 amide bonds. The van der Waals surface area contributed by atoms with Crippen LogP contribution in [0.2, 0.25) is 0 Å². The average molecular weight is 259 g/mol. The molecule has 2 rings (SSSR count). The largest absolute Gasteiger partial charge is 0.356 e. The lowest BCUT2D eigenvalue weighted by molar-refractivity contribution is -0.121. The van der Waals surface area contributed by atoms with Gasteiger partial charge in [-0.2, -0.15) is 0 Å². The summed E-state index contributed by atoms with van der Waals surface area (Å²) in [5.74, 6) is 1.22. The fourth-order valence-electron chi connectivity index (χ4n) is 2.08. The maximum absolute atomic E-state index is 11.4. The zero-order chi connectivity index (χ0) is 13.5. The molecule has 0 aromatic carbocycles. The third-order valence-corrected chi connectivity index (χ3v) is 3.17. The van der Waals surface area contributed by atoms with Gasteiger partial charge in [-0.15, -0.1) is 0 Å². The third kappa shape index (κ3) is 3.81. The van der Waals surface area contributed by atoms with Crippen LogP contribution < -0.4 is 5.32 Å². The van der Waals surface area contributed by atoms with Gasteiger partial charge in [0, 0.05) is 25.6 Å². The van der Waals surface area contributed by atoms with E-state index in [-0.39, 0.29) is 5.91 Å². The Morgan fingerprint density at radius 2 is 2.26 bits per heavy atom. The van der Waals surface area contributed by atoms with Gasteiger partial charge < -0.3 is 9.72 Å². The maximum Gasteiger partial charge on any atom is 0.219 e. The molecule has 0 aliphatic heterocycles. The first-order valence-electron chi connectivity index (χ1n) is 6.99. The van der Waals surface area contributed by atoms with Gasteiger partial charge in [0.15, 0.2) is 0 Å². The van der Waals surface area contributed by atoms with Crippen LogP contribution in [0.4, 0.5) is 0 Å². The molecule has 2 aromatic heterocycles. The summed E-state index contributed by atoms with van der Waals surface area (Å²) >= 11 is 0. The summed E-state index contributed by atoms with van der Waals surface area (Å²) in [5.41, 5.74) is 1.12. The van der Waals surface area contributed by atoms with E-state index in [4.69, 9.17) is 0 Å². The van der Waals surface area contributed by atoms with Crippen molar-refractivity contribution in [3.8, 4) is 0 Å². The summed E-state index contributed by atoms with van der Waals surface area (Å²) in [6.07, 6.45) is 8.39. The van der Waals surface area contributed by atoms with E-state index in [0.29, 0.717) is 6.42 Å². The lowest BCUT2D eigenvalue weighted by Gasteiger charge is -2.04. The predicted octanol–water partition coefficient (Wildman–Crippen LogP) is 2.57. The smallest absolute Gasteiger partial charge is 0.219 e. The molecule has 0 radical (unpaired) electrons. The molecule has 4 nitrogen and oxygen atoms in total. The highest BCUT2D eigenvalue weighted by molar-refractivity contribution is 5.75. The Kier molecular flexibility index (Phi) is 4.95. The molecule has 1 N–H and O–H groups in total. The van der Waals surface area contributed by atoms with E-state index in [0.717, 1.165) is 43.6 Å². The summed E-state index contributed by atoms with van der Waals surface area (Å²) in [6.45, 7) is 2.82. The van der Waals surface area contributed by atoms with Gasteiger partial charge in [0.2, 0.25) is 5.91 Å². The van der Waals surface area contributed by atoms with Crippen LogP contribution in [-0.2, 0) is 11.2 Å². The normalized spacial score (nSPS) is 10.8. The van der Waals surface area contributed by atoms with E-state index >= 15 is 0 Å². The number of nitrogens with zero attached hydrogens (tertiary/aromatic N) is 2. The molecule has 0 spiro atoms. The molecule has 2 heterocycles. The molecule has 0 saturated heterocycles. The number of carbonyl (C=O) groups is 1. The van der Waals surface area contributed by atoms with Gasteiger partial charge in [-0.25, -0.2) is 4.98 Å². The van der Waals surface area contributed by atoms with Crippen LogP contribution in [0.5, 0.6) is 0 Å². The highest BCUT2D eigenvalue weighted by Crippen LogP contribution is 2.07. The Morgan fingerprint density at radius 3 is 3.11 bits per heavy atom. The highest BCUT2D eigenvalue weighted by atomic mass is 16.1. The number of fused-ring (bicyclic) bond motifs is 1. The molecule has 0 saturated carbocycles. The molecule has 0 aliphatic rings. The van der Waals surface area contributed by atoms with E-state index in [1.165, 1.54) is 0 Å². The van der Waals surface area contributed by atoms with Crippen molar-refractivity contribution in [3.63, 3.8) is 0 Å². The minimum absolute atomic E-state index is 0.162.